The summed E-state index contributed by atoms with van der Waals surface area (Å²) in [6, 6.07) is 10.0. The van der Waals surface area contributed by atoms with E-state index in [-0.39, 0.29) is 11.0 Å². The van der Waals surface area contributed by atoms with Gasteiger partial charge in [0, 0.05) is 22.7 Å². The maximum Gasteiger partial charge on any atom is 0.205 e. The maximum atomic E-state index is 12.6. The first kappa shape index (κ1) is 16.2. The summed E-state index contributed by atoms with van der Waals surface area (Å²) >= 11 is 5.91. The molecular formula is C18H15ClO5. The normalized spacial score (nSPS) is 10.7. The molecule has 1 heterocycles. The van der Waals surface area contributed by atoms with Gasteiger partial charge in [-0.2, -0.15) is 0 Å². The van der Waals surface area contributed by atoms with Crippen molar-refractivity contribution in [1.29, 1.82) is 0 Å². The first-order valence-electron chi connectivity index (χ1n) is 7.11. The fourth-order valence-electron chi connectivity index (χ4n) is 2.52. The Kier molecular flexibility index (Phi) is 4.36. The van der Waals surface area contributed by atoms with Gasteiger partial charge in [0.1, 0.15) is 16.9 Å². The molecule has 0 bridgehead atoms. The van der Waals surface area contributed by atoms with Crippen LogP contribution in [-0.2, 0) is 0 Å². The molecule has 124 valence electrons. The highest BCUT2D eigenvalue weighted by molar-refractivity contribution is 6.30. The Morgan fingerprint density at radius 3 is 2.17 bits per heavy atom. The van der Waals surface area contributed by atoms with Gasteiger partial charge in [-0.1, -0.05) is 11.6 Å². The van der Waals surface area contributed by atoms with E-state index >= 15 is 0 Å². The number of fused-ring (bicyclic) bond motifs is 1. The summed E-state index contributed by atoms with van der Waals surface area (Å²) in [5, 5.41) is 0.899. The minimum absolute atomic E-state index is 0.237. The predicted octanol–water partition coefficient (Wildman–Crippen LogP) is 4.14. The summed E-state index contributed by atoms with van der Waals surface area (Å²) in [5.74, 6) is 1.51. The molecule has 0 unspecified atom stereocenters. The Morgan fingerprint density at radius 2 is 1.58 bits per heavy atom. The Labute approximate surface area is 143 Å². The van der Waals surface area contributed by atoms with Gasteiger partial charge in [-0.05, 0) is 24.3 Å². The molecule has 0 saturated carbocycles. The molecule has 6 heteroatoms. The average Bonchev–Trinajstić information content (AvgIpc) is 2.60. The second kappa shape index (κ2) is 6.45. The standard InChI is InChI=1S/C18H15ClO5/c1-21-14-9-15(22-2)17(23-3)18-16(14)12(20)8-13(24-18)10-4-6-11(19)7-5-10/h4-9H,1-3H3. The number of hydrogen-bond donors (Lipinski definition) is 0. The summed E-state index contributed by atoms with van der Waals surface area (Å²) < 4.78 is 21.9. The summed E-state index contributed by atoms with van der Waals surface area (Å²) in [6.45, 7) is 0. The quantitative estimate of drug-likeness (QED) is 0.710. The predicted molar refractivity (Wildman–Crippen MR) is 92.6 cm³/mol. The molecule has 0 fully saturated rings. The Morgan fingerprint density at radius 1 is 0.917 bits per heavy atom. The fraction of sp³-hybridized carbons (Fsp3) is 0.167. The van der Waals surface area contributed by atoms with Gasteiger partial charge in [0.15, 0.2) is 16.8 Å². The van der Waals surface area contributed by atoms with Crippen LogP contribution in [0.15, 0.2) is 45.6 Å². The second-order valence-corrected chi connectivity index (χ2v) is 5.44. The van der Waals surface area contributed by atoms with Crippen molar-refractivity contribution in [1.82, 2.24) is 0 Å². The lowest BCUT2D eigenvalue weighted by molar-refractivity contribution is 0.348. The molecule has 0 aliphatic carbocycles. The van der Waals surface area contributed by atoms with Crippen LogP contribution in [0.5, 0.6) is 17.2 Å². The zero-order valence-electron chi connectivity index (χ0n) is 13.4. The van der Waals surface area contributed by atoms with Gasteiger partial charge >= 0.3 is 0 Å². The van der Waals surface area contributed by atoms with E-state index in [0.717, 1.165) is 5.56 Å². The third-order valence-electron chi connectivity index (χ3n) is 3.66. The summed E-state index contributed by atoms with van der Waals surface area (Å²) in [5.41, 5.74) is 0.757. The van der Waals surface area contributed by atoms with Crippen LogP contribution in [0.2, 0.25) is 5.02 Å². The van der Waals surface area contributed by atoms with Gasteiger partial charge < -0.3 is 18.6 Å². The molecule has 0 N–H and O–H groups in total. The lowest BCUT2D eigenvalue weighted by Gasteiger charge is -2.13. The molecule has 3 rings (SSSR count). The molecule has 0 aliphatic heterocycles. The van der Waals surface area contributed by atoms with Crippen molar-refractivity contribution in [3.8, 4) is 28.6 Å². The van der Waals surface area contributed by atoms with E-state index in [4.69, 9.17) is 30.2 Å². The molecule has 0 radical (unpaired) electrons. The maximum absolute atomic E-state index is 12.6. The smallest absolute Gasteiger partial charge is 0.205 e. The molecule has 0 atom stereocenters. The van der Waals surface area contributed by atoms with Gasteiger partial charge in [0.05, 0.1) is 21.3 Å². The number of halogens is 1. The number of ether oxygens (including phenoxy) is 3. The van der Waals surface area contributed by atoms with E-state index in [0.29, 0.717) is 33.4 Å². The lowest BCUT2D eigenvalue weighted by atomic mass is 10.1. The first-order chi connectivity index (χ1) is 11.6. The van der Waals surface area contributed by atoms with Gasteiger partial charge in [0.2, 0.25) is 5.75 Å². The molecule has 1 aromatic heterocycles. The molecule has 3 aromatic rings. The van der Waals surface area contributed by atoms with E-state index in [1.165, 1.54) is 27.4 Å². The average molecular weight is 347 g/mol. The third kappa shape index (κ3) is 2.67. The molecule has 24 heavy (non-hydrogen) atoms. The highest BCUT2D eigenvalue weighted by atomic mass is 35.5. The van der Waals surface area contributed by atoms with Crippen LogP contribution < -0.4 is 19.6 Å². The zero-order valence-corrected chi connectivity index (χ0v) is 14.1. The highest BCUT2D eigenvalue weighted by Crippen LogP contribution is 2.41. The summed E-state index contributed by atoms with van der Waals surface area (Å²) in [4.78, 5) is 12.6. The van der Waals surface area contributed by atoms with Crippen molar-refractivity contribution in [3.63, 3.8) is 0 Å². The van der Waals surface area contributed by atoms with Crippen LogP contribution in [0.25, 0.3) is 22.3 Å². The van der Waals surface area contributed by atoms with E-state index in [2.05, 4.69) is 0 Å². The topological polar surface area (TPSA) is 57.9 Å². The minimum Gasteiger partial charge on any atom is -0.496 e. The number of benzene rings is 2. The number of hydrogen-bond acceptors (Lipinski definition) is 5. The monoisotopic (exact) mass is 346 g/mol. The first-order valence-corrected chi connectivity index (χ1v) is 7.49. The molecule has 0 spiro atoms. The van der Waals surface area contributed by atoms with Gasteiger partial charge in [-0.15, -0.1) is 0 Å². The molecule has 0 saturated heterocycles. The summed E-state index contributed by atoms with van der Waals surface area (Å²) in [6.07, 6.45) is 0. The van der Waals surface area contributed by atoms with Gasteiger partial charge in [-0.3, -0.25) is 4.79 Å². The molecule has 0 amide bonds. The molecule has 2 aromatic carbocycles. The number of methoxy groups -OCH3 is 3. The van der Waals surface area contributed by atoms with Crippen molar-refractivity contribution in [2.24, 2.45) is 0 Å². The van der Waals surface area contributed by atoms with Crippen LogP contribution in [-0.4, -0.2) is 21.3 Å². The van der Waals surface area contributed by atoms with Crippen molar-refractivity contribution < 1.29 is 18.6 Å². The van der Waals surface area contributed by atoms with Gasteiger partial charge in [-0.25, -0.2) is 0 Å². The van der Waals surface area contributed by atoms with Crippen LogP contribution >= 0.6 is 11.6 Å². The second-order valence-electron chi connectivity index (χ2n) is 5.00. The largest absolute Gasteiger partial charge is 0.496 e. The van der Waals surface area contributed by atoms with Crippen molar-refractivity contribution >= 4 is 22.6 Å². The molecule has 0 aliphatic rings. The van der Waals surface area contributed by atoms with Crippen molar-refractivity contribution in [2.75, 3.05) is 21.3 Å². The Bertz CT molecular complexity index is 944. The minimum atomic E-state index is -0.237. The lowest BCUT2D eigenvalue weighted by Crippen LogP contribution is -2.05. The van der Waals surface area contributed by atoms with Crippen LogP contribution in [0.3, 0.4) is 0 Å². The third-order valence-corrected chi connectivity index (χ3v) is 3.91. The molecular weight excluding hydrogens is 332 g/mol. The van der Waals surface area contributed by atoms with Gasteiger partial charge in [0.25, 0.3) is 0 Å². The van der Waals surface area contributed by atoms with E-state index in [1.807, 2.05) is 0 Å². The van der Waals surface area contributed by atoms with Crippen LogP contribution in [0.1, 0.15) is 0 Å². The number of rotatable bonds is 4. The molecule has 5 nitrogen and oxygen atoms in total. The Hall–Kier alpha value is -2.66. The SMILES string of the molecule is COc1cc(OC)c2c(=O)cc(-c3ccc(Cl)cc3)oc2c1OC. The highest BCUT2D eigenvalue weighted by Gasteiger charge is 2.20. The fourth-order valence-corrected chi connectivity index (χ4v) is 2.64. The zero-order chi connectivity index (χ0) is 17.3. The van der Waals surface area contributed by atoms with Crippen LogP contribution in [0.4, 0.5) is 0 Å². The van der Waals surface area contributed by atoms with E-state index in [9.17, 15) is 4.79 Å². The van der Waals surface area contributed by atoms with Crippen molar-refractivity contribution in [2.45, 2.75) is 0 Å². The van der Waals surface area contributed by atoms with E-state index in [1.54, 1.807) is 30.3 Å². The summed E-state index contributed by atoms with van der Waals surface area (Å²) in [7, 11) is 4.47. The van der Waals surface area contributed by atoms with Crippen LogP contribution in [0, 0.1) is 0 Å². The van der Waals surface area contributed by atoms with Crippen molar-refractivity contribution in [3.05, 3.63) is 51.6 Å². The Balaban J connectivity index is 2.37. The van der Waals surface area contributed by atoms with E-state index < -0.39 is 0 Å².